The Hall–Kier alpha value is -3.08. The molecule has 122 valence electrons. The molecule has 2 unspecified atom stereocenters. The molecule has 3 heterocycles. The van der Waals surface area contributed by atoms with Crippen LogP contribution in [0.2, 0.25) is 0 Å². The first-order valence-corrected chi connectivity index (χ1v) is 8.34. The van der Waals surface area contributed by atoms with Crippen molar-refractivity contribution in [2.45, 2.75) is 24.2 Å². The number of amides is 1. The molecular weight excluding hydrogens is 312 g/mol. The van der Waals surface area contributed by atoms with E-state index in [0.29, 0.717) is 6.42 Å². The van der Waals surface area contributed by atoms with Gasteiger partial charge in [-0.2, -0.15) is 0 Å². The molecule has 2 aliphatic rings. The molecular formula is C20H16N4O. The summed E-state index contributed by atoms with van der Waals surface area (Å²) in [5, 5.41) is 2.12. The number of hydrogen-bond donors (Lipinski definition) is 1. The Morgan fingerprint density at radius 1 is 1.16 bits per heavy atom. The topological polar surface area (TPSA) is 81.2 Å². The Balaban J connectivity index is 1.63. The standard InChI is InChI=1S/C20H16N4O/c21-19(25)20(18-7-12-3-1-2-4-13(12)9-24-18)8-16(20)15-10-22-11-17-14(15)5-6-23-17/h1-4,6-7,9-11,16H,5,8H2,(H2,21,25). The molecule has 0 bridgehead atoms. The zero-order valence-electron chi connectivity index (χ0n) is 13.5. The number of benzene rings is 1. The van der Waals surface area contributed by atoms with Crippen LogP contribution in [0.25, 0.3) is 10.8 Å². The van der Waals surface area contributed by atoms with Crippen LogP contribution < -0.4 is 5.73 Å². The van der Waals surface area contributed by atoms with E-state index in [9.17, 15) is 4.79 Å². The number of aliphatic imine (C=N–C) groups is 1. The van der Waals surface area contributed by atoms with E-state index in [0.717, 1.165) is 39.7 Å². The van der Waals surface area contributed by atoms with Crippen LogP contribution in [0.4, 0.5) is 5.69 Å². The molecule has 5 rings (SSSR count). The minimum Gasteiger partial charge on any atom is -0.369 e. The highest BCUT2D eigenvalue weighted by Gasteiger charge is 2.62. The minimum atomic E-state index is -0.747. The summed E-state index contributed by atoms with van der Waals surface area (Å²) < 4.78 is 0. The van der Waals surface area contributed by atoms with Gasteiger partial charge in [-0.05, 0) is 29.0 Å². The highest BCUT2D eigenvalue weighted by atomic mass is 16.1. The van der Waals surface area contributed by atoms with E-state index >= 15 is 0 Å². The molecule has 1 amide bonds. The SMILES string of the molecule is NC(=O)C1(c2cc3ccccc3cn2)CC1c1cncc2c1CC=N2. The van der Waals surface area contributed by atoms with Crippen molar-refractivity contribution in [3.63, 3.8) is 0 Å². The zero-order chi connectivity index (χ0) is 17.0. The smallest absolute Gasteiger partial charge is 0.230 e. The maximum atomic E-state index is 12.4. The summed E-state index contributed by atoms with van der Waals surface area (Å²) in [4.78, 5) is 25.7. The van der Waals surface area contributed by atoms with Crippen molar-refractivity contribution in [1.82, 2.24) is 9.97 Å². The first-order chi connectivity index (χ1) is 12.2. The van der Waals surface area contributed by atoms with Crippen LogP contribution in [-0.4, -0.2) is 22.1 Å². The van der Waals surface area contributed by atoms with Crippen LogP contribution in [0.3, 0.4) is 0 Å². The second-order valence-corrected chi connectivity index (χ2v) is 6.75. The second-order valence-electron chi connectivity index (χ2n) is 6.75. The fourth-order valence-electron chi connectivity index (χ4n) is 4.01. The predicted molar refractivity (Wildman–Crippen MR) is 96.1 cm³/mol. The highest BCUT2D eigenvalue weighted by molar-refractivity contribution is 5.94. The van der Waals surface area contributed by atoms with Crippen molar-refractivity contribution in [3.8, 4) is 0 Å². The minimum absolute atomic E-state index is 0.0165. The van der Waals surface area contributed by atoms with Gasteiger partial charge in [-0.25, -0.2) is 0 Å². The highest BCUT2D eigenvalue weighted by Crippen LogP contribution is 2.61. The summed E-state index contributed by atoms with van der Waals surface area (Å²) in [5.74, 6) is -0.306. The van der Waals surface area contributed by atoms with Crippen molar-refractivity contribution in [2.24, 2.45) is 10.7 Å². The molecule has 0 radical (unpaired) electrons. The number of hydrogen-bond acceptors (Lipinski definition) is 4. The average Bonchev–Trinajstić information content (AvgIpc) is 3.22. The largest absolute Gasteiger partial charge is 0.369 e. The van der Waals surface area contributed by atoms with Crippen molar-refractivity contribution >= 4 is 28.6 Å². The Bertz CT molecular complexity index is 1060. The summed E-state index contributed by atoms with van der Waals surface area (Å²) in [6.45, 7) is 0. The number of primary amides is 1. The summed E-state index contributed by atoms with van der Waals surface area (Å²) in [6, 6.07) is 10.00. The maximum Gasteiger partial charge on any atom is 0.230 e. The second kappa shape index (κ2) is 4.96. The maximum absolute atomic E-state index is 12.4. The Morgan fingerprint density at radius 2 is 2.00 bits per heavy atom. The Morgan fingerprint density at radius 3 is 2.84 bits per heavy atom. The lowest BCUT2D eigenvalue weighted by Gasteiger charge is -2.15. The zero-order valence-corrected chi connectivity index (χ0v) is 13.5. The fourth-order valence-corrected chi connectivity index (χ4v) is 4.01. The molecule has 5 heteroatoms. The van der Waals surface area contributed by atoms with Crippen LogP contribution in [0.1, 0.15) is 29.2 Å². The lowest BCUT2D eigenvalue weighted by molar-refractivity contribution is -0.120. The van der Waals surface area contributed by atoms with Gasteiger partial charge < -0.3 is 5.73 Å². The van der Waals surface area contributed by atoms with E-state index in [1.54, 1.807) is 6.20 Å². The third kappa shape index (κ3) is 1.95. The summed E-state index contributed by atoms with van der Waals surface area (Å²) in [6.07, 6.45) is 8.78. The van der Waals surface area contributed by atoms with Crippen LogP contribution in [0, 0.1) is 0 Å². The molecule has 25 heavy (non-hydrogen) atoms. The number of pyridine rings is 2. The first kappa shape index (κ1) is 14.3. The van der Waals surface area contributed by atoms with Gasteiger partial charge in [0.15, 0.2) is 0 Å². The average molecular weight is 328 g/mol. The van der Waals surface area contributed by atoms with Gasteiger partial charge in [-0.1, -0.05) is 24.3 Å². The summed E-state index contributed by atoms with van der Waals surface area (Å²) >= 11 is 0. The molecule has 0 saturated heterocycles. The molecule has 1 aliphatic heterocycles. The molecule has 1 fully saturated rings. The van der Waals surface area contributed by atoms with Gasteiger partial charge in [-0.3, -0.25) is 19.8 Å². The quantitative estimate of drug-likeness (QED) is 0.802. The van der Waals surface area contributed by atoms with Crippen molar-refractivity contribution < 1.29 is 4.79 Å². The van der Waals surface area contributed by atoms with Gasteiger partial charge >= 0.3 is 0 Å². The summed E-state index contributed by atoms with van der Waals surface area (Å²) in [7, 11) is 0. The molecule has 5 nitrogen and oxygen atoms in total. The van der Waals surface area contributed by atoms with Gasteiger partial charge in [-0.15, -0.1) is 0 Å². The third-order valence-corrected chi connectivity index (χ3v) is 5.46. The molecule has 2 atom stereocenters. The Labute approximate surface area is 144 Å². The van der Waals surface area contributed by atoms with E-state index < -0.39 is 5.41 Å². The molecule has 1 aromatic carbocycles. The number of fused-ring (bicyclic) bond motifs is 2. The number of rotatable bonds is 3. The van der Waals surface area contributed by atoms with E-state index in [-0.39, 0.29) is 11.8 Å². The van der Waals surface area contributed by atoms with Gasteiger partial charge in [0.2, 0.25) is 5.91 Å². The van der Waals surface area contributed by atoms with Gasteiger partial charge in [0.05, 0.1) is 23.0 Å². The normalized spacial score (nSPS) is 23.6. The molecule has 1 saturated carbocycles. The molecule has 1 aliphatic carbocycles. The van der Waals surface area contributed by atoms with E-state index in [1.807, 2.05) is 48.9 Å². The summed E-state index contributed by atoms with van der Waals surface area (Å²) in [5.41, 5.74) is 8.98. The monoisotopic (exact) mass is 328 g/mol. The van der Waals surface area contributed by atoms with Gasteiger partial charge in [0.25, 0.3) is 0 Å². The number of nitrogens with zero attached hydrogens (tertiary/aromatic N) is 3. The fraction of sp³-hybridized carbons (Fsp3) is 0.200. The molecule has 0 spiro atoms. The number of aromatic nitrogens is 2. The van der Waals surface area contributed by atoms with Crippen LogP contribution in [-0.2, 0) is 16.6 Å². The molecule has 2 N–H and O–H groups in total. The Kier molecular flexibility index (Phi) is 2.83. The van der Waals surface area contributed by atoms with E-state index in [1.165, 1.54) is 0 Å². The van der Waals surface area contributed by atoms with Gasteiger partial charge in [0, 0.05) is 36.3 Å². The van der Waals surface area contributed by atoms with Crippen molar-refractivity contribution in [3.05, 3.63) is 65.7 Å². The van der Waals surface area contributed by atoms with Crippen molar-refractivity contribution in [2.75, 3.05) is 0 Å². The van der Waals surface area contributed by atoms with E-state index in [4.69, 9.17) is 5.73 Å². The van der Waals surface area contributed by atoms with Gasteiger partial charge in [0.1, 0.15) is 0 Å². The molecule has 2 aromatic heterocycles. The number of carbonyl (C=O) groups excluding carboxylic acids is 1. The number of nitrogens with two attached hydrogens (primary N) is 1. The predicted octanol–water partition coefficient (Wildman–Crippen LogP) is 2.80. The lowest BCUT2D eigenvalue weighted by Crippen LogP contribution is -2.31. The lowest BCUT2D eigenvalue weighted by atomic mass is 9.91. The molecule has 3 aromatic rings. The third-order valence-electron chi connectivity index (χ3n) is 5.46. The van der Waals surface area contributed by atoms with Crippen LogP contribution >= 0.6 is 0 Å². The number of carbonyl (C=O) groups is 1. The van der Waals surface area contributed by atoms with E-state index in [2.05, 4.69) is 15.0 Å². The van der Waals surface area contributed by atoms with Crippen LogP contribution in [0.5, 0.6) is 0 Å². The van der Waals surface area contributed by atoms with Crippen LogP contribution in [0.15, 0.2) is 53.9 Å². The first-order valence-electron chi connectivity index (χ1n) is 8.34. The van der Waals surface area contributed by atoms with Crippen molar-refractivity contribution in [1.29, 1.82) is 0 Å².